The SMILES string of the molecule is CC(=O)NC(=O)[C@@H](C)C12C=CC(Oc3ccnc4ccccc34)=CC1C2. The normalized spacial score (nSPS) is 24.4. The molecule has 26 heavy (non-hydrogen) atoms. The molecule has 0 bridgehead atoms. The van der Waals surface area contributed by atoms with Crippen molar-refractivity contribution in [2.75, 3.05) is 0 Å². The molecule has 2 unspecified atom stereocenters. The van der Waals surface area contributed by atoms with Gasteiger partial charge in [-0.15, -0.1) is 0 Å². The number of nitrogens with one attached hydrogen (secondary N) is 1. The van der Waals surface area contributed by atoms with Crippen molar-refractivity contribution in [2.24, 2.45) is 17.3 Å². The zero-order chi connectivity index (χ0) is 18.3. The molecule has 0 spiro atoms. The molecule has 1 heterocycles. The fourth-order valence-corrected chi connectivity index (χ4v) is 3.74. The van der Waals surface area contributed by atoms with Crippen molar-refractivity contribution in [1.29, 1.82) is 0 Å². The quantitative estimate of drug-likeness (QED) is 0.920. The highest BCUT2D eigenvalue weighted by atomic mass is 16.5. The largest absolute Gasteiger partial charge is 0.457 e. The fourth-order valence-electron chi connectivity index (χ4n) is 3.74. The van der Waals surface area contributed by atoms with E-state index in [1.807, 2.05) is 43.3 Å². The monoisotopic (exact) mass is 348 g/mol. The summed E-state index contributed by atoms with van der Waals surface area (Å²) >= 11 is 0. The number of rotatable bonds is 4. The summed E-state index contributed by atoms with van der Waals surface area (Å²) in [5.41, 5.74) is 0.688. The van der Waals surface area contributed by atoms with Crippen LogP contribution in [0.4, 0.5) is 0 Å². The highest BCUT2D eigenvalue weighted by Crippen LogP contribution is 2.61. The van der Waals surface area contributed by atoms with Gasteiger partial charge >= 0.3 is 0 Å². The van der Waals surface area contributed by atoms with Crippen molar-refractivity contribution >= 4 is 22.7 Å². The van der Waals surface area contributed by atoms with Gasteiger partial charge in [0.05, 0.1) is 5.52 Å². The minimum absolute atomic E-state index is 0.202. The average Bonchev–Trinajstić information content (AvgIpc) is 3.36. The molecule has 132 valence electrons. The summed E-state index contributed by atoms with van der Waals surface area (Å²) in [4.78, 5) is 27.7. The minimum Gasteiger partial charge on any atom is -0.457 e. The van der Waals surface area contributed by atoms with Crippen LogP contribution in [0.25, 0.3) is 10.9 Å². The molecule has 2 amide bonds. The van der Waals surface area contributed by atoms with Crippen LogP contribution in [0.15, 0.2) is 60.5 Å². The van der Waals surface area contributed by atoms with E-state index in [1.165, 1.54) is 6.92 Å². The van der Waals surface area contributed by atoms with E-state index in [9.17, 15) is 9.59 Å². The molecule has 0 aliphatic heterocycles. The molecule has 4 rings (SSSR count). The Kier molecular flexibility index (Phi) is 3.87. The van der Waals surface area contributed by atoms with Gasteiger partial charge in [-0.1, -0.05) is 25.1 Å². The van der Waals surface area contributed by atoms with Gasteiger partial charge in [-0.2, -0.15) is 0 Å². The topological polar surface area (TPSA) is 68.3 Å². The summed E-state index contributed by atoms with van der Waals surface area (Å²) in [6.07, 6.45) is 8.68. The van der Waals surface area contributed by atoms with Crippen molar-refractivity contribution in [1.82, 2.24) is 10.3 Å². The van der Waals surface area contributed by atoms with Gasteiger partial charge in [-0.3, -0.25) is 19.9 Å². The number of aromatic nitrogens is 1. The lowest BCUT2D eigenvalue weighted by Gasteiger charge is -2.22. The average molecular weight is 348 g/mol. The summed E-state index contributed by atoms with van der Waals surface area (Å²) in [6.45, 7) is 3.23. The Hall–Kier alpha value is -2.95. The van der Waals surface area contributed by atoms with Crippen molar-refractivity contribution in [2.45, 2.75) is 20.3 Å². The Balaban J connectivity index is 1.52. The van der Waals surface area contributed by atoms with Gasteiger partial charge in [0.1, 0.15) is 11.5 Å². The van der Waals surface area contributed by atoms with E-state index in [-0.39, 0.29) is 29.1 Å². The molecule has 5 nitrogen and oxygen atoms in total. The maximum atomic E-state index is 12.2. The lowest BCUT2D eigenvalue weighted by Crippen LogP contribution is -2.37. The van der Waals surface area contributed by atoms with Gasteiger partial charge in [-0.25, -0.2) is 0 Å². The number of hydrogen-bond donors (Lipinski definition) is 1. The number of benzene rings is 1. The van der Waals surface area contributed by atoms with Gasteiger partial charge < -0.3 is 4.74 Å². The Bertz CT molecular complexity index is 957. The summed E-state index contributed by atoms with van der Waals surface area (Å²) < 4.78 is 6.10. The highest BCUT2D eigenvalue weighted by molar-refractivity contribution is 5.95. The van der Waals surface area contributed by atoms with E-state index < -0.39 is 0 Å². The van der Waals surface area contributed by atoms with Crippen LogP contribution >= 0.6 is 0 Å². The molecule has 5 heteroatoms. The lowest BCUT2D eigenvalue weighted by atomic mass is 9.85. The maximum absolute atomic E-state index is 12.2. The van der Waals surface area contributed by atoms with Crippen molar-refractivity contribution < 1.29 is 14.3 Å². The molecular weight excluding hydrogens is 328 g/mol. The molecule has 1 saturated carbocycles. The molecular formula is C21H20N2O3. The Morgan fingerprint density at radius 2 is 2.12 bits per heavy atom. The number of hydrogen-bond acceptors (Lipinski definition) is 4. The number of para-hydroxylation sites is 1. The van der Waals surface area contributed by atoms with Gasteiger partial charge in [-0.05, 0) is 42.7 Å². The Morgan fingerprint density at radius 3 is 2.88 bits per heavy atom. The van der Waals surface area contributed by atoms with E-state index in [0.717, 1.165) is 28.8 Å². The van der Waals surface area contributed by atoms with Crippen molar-refractivity contribution in [3.05, 3.63) is 60.5 Å². The van der Waals surface area contributed by atoms with E-state index in [1.54, 1.807) is 6.20 Å². The molecule has 1 aromatic heterocycles. The first-order valence-electron chi connectivity index (χ1n) is 8.74. The second kappa shape index (κ2) is 6.09. The molecule has 1 fully saturated rings. The number of imide groups is 1. The van der Waals surface area contributed by atoms with Crippen LogP contribution in [-0.4, -0.2) is 16.8 Å². The van der Waals surface area contributed by atoms with Gasteiger partial charge in [0.15, 0.2) is 0 Å². The third-order valence-electron chi connectivity index (χ3n) is 5.36. The molecule has 1 aromatic carbocycles. The summed E-state index contributed by atoms with van der Waals surface area (Å²) in [5, 5.41) is 3.36. The van der Waals surface area contributed by atoms with Crippen molar-refractivity contribution in [3.8, 4) is 5.75 Å². The number of pyridine rings is 1. The zero-order valence-corrected chi connectivity index (χ0v) is 14.7. The second-order valence-corrected chi connectivity index (χ2v) is 7.02. The predicted octanol–water partition coefficient (Wildman–Crippen LogP) is 3.37. The van der Waals surface area contributed by atoms with E-state index in [0.29, 0.717) is 0 Å². The molecule has 0 saturated heterocycles. The fraction of sp³-hybridized carbons (Fsp3) is 0.286. The van der Waals surface area contributed by atoms with Crippen LogP contribution in [0.5, 0.6) is 5.75 Å². The first-order chi connectivity index (χ1) is 12.5. The highest BCUT2D eigenvalue weighted by Gasteiger charge is 2.58. The molecule has 3 atom stereocenters. The van der Waals surface area contributed by atoms with Crippen LogP contribution in [0.3, 0.4) is 0 Å². The number of nitrogens with zero attached hydrogens (tertiary/aromatic N) is 1. The van der Waals surface area contributed by atoms with Crippen LogP contribution in [0.2, 0.25) is 0 Å². The predicted molar refractivity (Wildman–Crippen MR) is 98.1 cm³/mol. The number of fused-ring (bicyclic) bond motifs is 2. The third-order valence-corrected chi connectivity index (χ3v) is 5.36. The number of ether oxygens (including phenoxy) is 1. The lowest BCUT2D eigenvalue weighted by molar-refractivity contribution is -0.132. The smallest absolute Gasteiger partial charge is 0.230 e. The summed E-state index contributed by atoms with van der Waals surface area (Å²) in [6, 6.07) is 9.71. The van der Waals surface area contributed by atoms with E-state index >= 15 is 0 Å². The minimum atomic E-state index is -0.320. The third kappa shape index (κ3) is 2.79. The van der Waals surface area contributed by atoms with E-state index in [4.69, 9.17) is 4.74 Å². The zero-order valence-electron chi connectivity index (χ0n) is 14.7. The van der Waals surface area contributed by atoms with Crippen LogP contribution < -0.4 is 10.1 Å². The summed E-state index contributed by atoms with van der Waals surface area (Å²) in [7, 11) is 0. The number of carbonyl (C=O) groups excluding carboxylic acids is 2. The first-order valence-corrected chi connectivity index (χ1v) is 8.74. The van der Waals surface area contributed by atoms with Crippen LogP contribution in [0.1, 0.15) is 20.3 Å². The second-order valence-electron chi connectivity index (χ2n) is 7.02. The van der Waals surface area contributed by atoms with E-state index in [2.05, 4.69) is 22.5 Å². The van der Waals surface area contributed by atoms with Crippen LogP contribution in [0, 0.1) is 17.3 Å². The van der Waals surface area contributed by atoms with Gasteiger partial charge in [0, 0.05) is 29.8 Å². The Morgan fingerprint density at radius 1 is 1.31 bits per heavy atom. The maximum Gasteiger partial charge on any atom is 0.230 e. The van der Waals surface area contributed by atoms with Gasteiger partial charge in [0.2, 0.25) is 11.8 Å². The molecule has 2 aromatic rings. The molecule has 1 N–H and O–H groups in total. The van der Waals surface area contributed by atoms with Gasteiger partial charge in [0.25, 0.3) is 0 Å². The number of carbonyl (C=O) groups is 2. The number of amides is 2. The molecule has 2 aliphatic rings. The number of allylic oxidation sites excluding steroid dienone is 3. The van der Waals surface area contributed by atoms with Crippen molar-refractivity contribution in [3.63, 3.8) is 0 Å². The Labute approximate surface area is 151 Å². The summed E-state index contributed by atoms with van der Waals surface area (Å²) in [5.74, 6) is 0.998. The molecule has 0 radical (unpaired) electrons. The molecule has 2 aliphatic carbocycles. The first kappa shape index (κ1) is 16.5. The standard InChI is InChI=1S/C21H20N2O3/c1-13(20(25)23-14(2)24)21-9-7-16(11-15(21)12-21)26-19-8-10-22-18-6-4-3-5-17(18)19/h3-11,13,15H,12H2,1-2H3,(H,23,24,25)/t13-,15?,21?/m1/s1. The van der Waals surface area contributed by atoms with Crippen LogP contribution in [-0.2, 0) is 9.59 Å².